The Morgan fingerprint density at radius 2 is 2.00 bits per heavy atom. The van der Waals surface area contributed by atoms with Gasteiger partial charge in [-0.2, -0.15) is 0 Å². The molecule has 2 rings (SSSR count). The van der Waals surface area contributed by atoms with E-state index in [1.165, 1.54) is 24.3 Å². The summed E-state index contributed by atoms with van der Waals surface area (Å²) < 4.78 is 10.9. The molecule has 7 heteroatoms. The van der Waals surface area contributed by atoms with Crippen molar-refractivity contribution in [3.05, 3.63) is 58.0 Å². The minimum Gasteiger partial charge on any atom is -0.486 e. The van der Waals surface area contributed by atoms with Crippen molar-refractivity contribution in [2.24, 2.45) is 0 Å². The highest BCUT2D eigenvalue weighted by molar-refractivity contribution is 5.91. The van der Waals surface area contributed by atoms with Crippen LogP contribution >= 0.6 is 0 Å². The number of hydrogen-bond acceptors (Lipinski definition) is 5. The topological polar surface area (TPSA) is 94.6 Å². The molecule has 1 aromatic heterocycles. The molecule has 0 radical (unpaired) electrons. The molecule has 1 unspecified atom stereocenters. The van der Waals surface area contributed by atoms with Crippen LogP contribution in [0, 0.1) is 10.1 Å². The maximum atomic E-state index is 11.9. The first kappa shape index (κ1) is 16.5. The van der Waals surface area contributed by atoms with Crippen LogP contribution in [0.3, 0.4) is 0 Å². The predicted molar refractivity (Wildman–Crippen MR) is 83.4 cm³/mol. The number of ether oxygens (including phenoxy) is 1. The smallest absolute Gasteiger partial charge is 0.287 e. The standard InChI is InChI=1S/C16H18N2O5/c1-3-11(2)17-16(19)15-9-8-14(23-15)10-22-13-6-4-12(5-7-13)18(20)21/h4-9,11H,3,10H2,1-2H3,(H,17,19). The largest absolute Gasteiger partial charge is 0.486 e. The SMILES string of the molecule is CCC(C)NC(=O)c1ccc(COc2ccc([N+](=O)[O-])cc2)o1. The number of hydrogen-bond donors (Lipinski definition) is 1. The third-order valence-corrected chi connectivity index (χ3v) is 3.30. The first-order valence-electron chi connectivity index (χ1n) is 7.26. The Balaban J connectivity index is 1.91. The van der Waals surface area contributed by atoms with Crippen molar-refractivity contribution in [1.82, 2.24) is 5.32 Å². The summed E-state index contributed by atoms with van der Waals surface area (Å²) in [6.45, 7) is 4.03. The lowest BCUT2D eigenvalue weighted by Gasteiger charge is -2.09. The Bertz CT molecular complexity index is 678. The van der Waals surface area contributed by atoms with Crippen molar-refractivity contribution in [3.8, 4) is 5.75 Å². The fourth-order valence-electron chi connectivity index (χ4n) is 1.79. The van der Waals surface area contributed by atoms with E-state index in [1.807, 2.05) is 13.8 Å². The van der Waals surface area contributed by atoms with E-state index in [2.05, 4.69) is 5.32 Å². The van der Waals surface area contributed by atoms with Crippen LogP contribution in [0.2, 0.25) is 0 Å². The second-order valence-corrected chi connectivity index (χ2v) is 5.09. The van der Waals surface area contributed by atoms with E-state index in [9.17, 15) is 14.9 Å². The molecule has 1 atom stereocenters. The number of amides is 1. The number of benzene rings is 1. The van der Waals surface area contributed by atoms with Crippen molar-refractivity contribution in [2.75, 3.05) is 0 Å². The van der Waals surface area contributed by atoms with Crippen LogP contribution in [-0.2, 0) is 6.61 Å². The third kappa shape index (κ3) is 4.57. The van der Waals surface area contributed by atoms with E-state index in [-0.39, 0.29) is 30.0 Å². The van der Waals surface area contributed by atoms with E-state index < -0.39 is 4.92 Å². The van der Waals surface area contributed by atoms with Gasteiger partial charge in [-0.1, -0.05) is 6.92 Å². The number of nitro benzene ring substituents is 1. The summed E-state index contributed by atoms with van der Waals surface area (Å²) in [5, 5.41) is 13.4. The molecule has 122 valence electrons. The highest BCUT2D eigenvalue weighted by Crippen LogP contribution is 2.19. The molecule has 0 bridgehead atoms. The second kappa shape index (κ2) is 7.44. The van der Waals surface area contributed by atoms with Crippen LogP contribution < -0.4 is 10.1 Å². The van der Waals surface area contributed by atoms with E-state index in [4.69, 9.17) is 9.15 Å². The second-order valence-electron chi connectivity index (χ2n) is 5.09. The molecular weight excluding hydrogens is 300 g/mol. The Kier molecular flexibility index (Phi) is 5.35. The third-order valence-electron chi connectivity index (χ3n) is 3.30. The number of non-ortho nitro benzene ring substituents is 1. The molecule has 0 fully saturated rings. The van der Waals surface area contributed by atoms with Crippen LogP contribution in [0.15, 0.2) is 40.8 Å². The Hall–Kier alpha value is -2.83. The molecule has 23 heavy (non-hydrogen) atoms. The highest BCUT2D eigenvalue weighted by atomic mass is 16.6. The van der Waals surface area contributed by atoms with Crippen LogP contribution in [-0.4, -0.2) is 16.9 Å². The number of furan rings is 1. The van der Waals surface area contributed by atoms with Gasteiger partial charge in [-0.05, 0) is 37.6 Å². The van der Waals surface area contributed by atoms with Gasteiger partial charge in [0.25, 0.3) is 11.6 Å². The van der Waals surface area contributed by atoms with Gasteiger partial charge < -0.3 is 14.5 Å². The molecule has 0 saturated carbocycles. The minimum atomic E-state index is -0.474. The summed E-state index contributed by atoms with van der Waals surface area (Å²) in [6, 6.07) is 9.08. The van der Waals surface area contributed by atoms with Gasteiger partial charge in [0.1, 0.15) is 18.1 Å². The fraction of sp³-hybridized carbons (Fsp3) is 0.312. The van der Waals surface area contributed by atoms with Gasteiger partial charge >= 0.3 is 0 Å². The number of carbonyl (C=O) groups is 1. The molecule has 1 N–H and O–H groups in total. The molecule has 0 aliphatic carbocycles. The first-order chi connectivity index (χ1) is 11.0. The lowest BCUT2D eigenvalue weighted by atomic mass is 10.2. The summed E-state index contributed by atoms with van der Waals surface area (Å²) in [5.74, 6) is 0.948. The average Bonchev–Trinajstić information content (AvgIpc) is 3.02. The van der Waals surface area contributed by atoms with Crippen molar-refractivity contribution < 1.29 is 18.9 Å². The normalized spacial score (nSPS) is 11.7. The summed E-state index contributed by atoms with van der Waals surface area (Å²) in [7, 11) is 0. The van der Waals surface area contributed by atoms with Gasteiger partial charge in [0.2, 0.25) is 0 Å². The van der Waals surface area contributed by atoms with Gasteiger partial charge in [-0.3, -0.25) is 14.9 Å². The van der Waals surface area contributed by atoms with E-state index >= 15 is 0 Å². The molecule has 0 saturated heterocycles. The summed E-state index contributed by atoms with van der Waals surface area (Å²) >= 11 is 0. The lowest BCUT2D eigenvalue weighted by molar-refractivity contribution is -0.384. The van der Waals surface area contributed by atoms with E-state index in [1.54, 1.807) is 12.1 Å². The molecule has 1 aromatic carbocycles. The van der Waals surface area contributed by atoms with Gasteiger partial charge in [0.05, 0.1) is 4.92 Å². The first-order valence-corrected chi connectivity index (χ1v) is 7.26. The highest BCUT2D eigenvalue weighted by Gasteiger charge is 2.13. The Morgan fingerprint density at radius 3 is 2.61 bits per heavy atom. The zero-order chi connectivity index (χ0) is 16.8. The van der Waals surface area contributed by atoms with Crippen molar-refractivity contribution in [2.45, 2.75) is 32.9 Å². The molecule has 2 aromatic rings. The Labute approximate surface area is 133 Å². The number of rotatable bonds is 7. The lowest BCUT2D eigenvalue weighted by Crippen LogP contribution is -2.31. The molecular formula is C16H18N2O5. The van der Waals surface area contributed by atoms with E-state index in [0.29, 0.717) is 11.5 Å². The van der Waals surface area contributed by atoms with Crippen molar-refractivity contribution in [3.63, 3.8) is 0 Å². The minimum absolute atomic E-state index is 0.000602. The van der Waals surface area contributed by atoms with Crippen LogP contribution in [0.25, 0.3) is 0 Å². The zero-order valence-electron chi connectivity index (χ0n) is 12.9. The quantitative estimate of drug-likeness (QED) is 0.624. The maximum Gasteiger partial charge on any atom is 0.287 e. The molecule has 0 aliphatic heterocycles. The predicted octanol–water partition coefficient (Wildman–Crippen LogP) is 3.30. The number of nitrogens with zero attached hydrogens (tertiary/aromatic N) is 1. The van der Waals surface area contributed by atoms with Gasteiger partial charge in [0.15, 0.2) is 5.76 Å². The zero-order valence-corrected chi connectivity index (χ0v) is 12.9. The summed E-state index contributed by atoms with van der Waals surface area (Å²) in [6.07, 6.45) is 0.836. The fourth-order valence-corrected chi connectivity index (χ4v) is 1.79. The van der Waals surface area contributed by atoms with Crippen LogP contribution in [0.4, 0.5) is 5.69 Å². The van der Waals surface area contributed by atoms with Crippen LogP contribution in [0.5, 0.6) is 5.75 Å². The molecule has 1 heterocycles. The summed E-state index contributed by atoms with van der Waals surface area (Å²) in [5.41, 5.74) is -0.000602. The van der Waals surface area contributed by atoms with Crippen molar-refractivity contribution >= 4 is 11.6 Å². The molecule has 1 amide bonds. The Morgan fingerprint density at radius 1 is 1.30 bits per heavy atom. The van der Waals surface area contributed by atoms with Gasteiger partial charge in [-0.25, -0.2) is 0 Å². The summed E-state index contributed by atoms with van der Waals surface area (Å²) in [4.78, 5) is 22.0. The molecule has 0 aliphatic rings. The van der Waals surface area contributed by atoms with Gasteiger partial charge in [-0.15, -0.1) is 0 Å². The van der Waals surface area contributed by atoms with Crippen LogP contribution in [0.1, 0.15) is 36.6 Å². The number of nitrogens with one attached hydrogen (secondary N) is 1. The van der Waals surface area contributed by atoms with Gasteiger partial charge in [0, 0.05) is 18.2 Å². The van der Waals surface area contributed by atoms with E-state index in [0.717, 1.165) is 6.42 Å². The number of nitro groups is 1. The maximum absolute atomic E-state index is 11.9. The number of carbonyl (C=O) groups excluding carboxylic acids is 1. The van der Waals surface area contributed by atoms with Crippen molar-refractivity contribution in [1.29, 1.82) is 0 Å². The average molecular weight is 318 g/mol. The molecule has 7 nitrogen and oxygen atoms in total. The monoisotopic (exact) mass is 318 g/mol. The molecule has 0 spiro atoms.